The zero-order valence-electron chi connectivity index (χ0n) is 10.1. The number of hydrazine groups is 1. The van der Waals surface area contributed by atoms with Crippen LogP contribution in [0.15, 0.2) is 11.2 Å². The molecule has 0 atom stereocenters. The fraction of sp³-hybridized carbons (Fsp3) is 0.500. The second-order valence-corrected chi connectivity index (χ2v) is 4.74. The van der Waals surface area contributed by atoms with Crippen molar-refractivity contribution >= 4 is 29.3 Å². The molecule has 0 saturated heterocycles. The summed E-state index contributed by atoms with van der Waals surface area (Å²) >= 11 is 1.41. The Hall–Kier alpha value is -1.54. The van der Waals surface area contributed by atoms with Crippen LogP contribution in [0, 0.1) is 0 Å². The van der Waals surface area contributed by atoms with Crippen LogP contribution in [-0.2, 0) is 4.79 Å². The lowest BCUT2D eigenvalue weighted by Gasteiger charge is -2.08. The summed E-state index contributed by atoms with van der Waals surface area (Å²) in [5.41, 5.74) is 2.47. The van der Waals surface area contributed by atoms with Gasteiger partial charge in [0.1, 0.15) is 11.6 Å². The van der Waals surface area contributed by atoms with Crippen LogP contribution in [-0.4, -0.2) is 34.7 Å². The molecule has 1 saturated carbocycles. The molecule has 0 aromatic carbocycles. The van der Waals surface area contributed by atoms with Crippen LogP contribution < -0.4 is 21.9 Å². The number of amides is 1. The van der Waals surface area contributed by atoms with Crippen LogP contribution in [0.4, 0.5) is 11.6 Å². The van der Waals surface area contributed by atoms with Crippen LogP contribution in [0.2, 0.25) is 0 Å². The van der Waals surface area contributed by atoms with Crippen molar-refractivity contribution in [3.8, 4) is 0 Å². The average molecular weight is 268 g/mol. The summed E-state index contributed by atoms with van der Waals surface area (Å²) in [5, 5.41) is 6.44. The summed E-state index contributed by atoms with van der Waals surface area (Å²) in [7, 11) is 0. The van der Waals surface area contributed by atoms with Gasteiger partial charge >= 0.3 is 0 Å². The maximum atomic E-state index is 11.5. The molecule has 18 heavy (non-hydrogen) atoms. The van der Waals surface area contributed by atoms with Crippen molar-refractivity contribution in [2.45, 2.75) is 24.0 Å². The third-order valence-corrected chi connectivity index (χ3v) is 2.96. The highest BCUT2D eigenvalue weighted by atomic mass is 32.2. The van der Waals surface area contributed by atoms with E-state index in [1.54, 1.807) is 6.07 Å². The molecule has 1 fully saturated rings. The molecule has 0 unspecified atom stereocenters. The minimum Gasteiger partial charge on any atom is -0.361 e. The van der Waals surface area contributed by atoms with Crippen molar-refractivity contribution in [3.05, 3.63) is 6.07 Å². The first kappa shape index (κ1) is 12.9. The van der Waals surface area contributed by atoms with Gasteiger partial charge in [-0.05, 0) is 19.1 Å². The van der Waals surface area contributed by atoms with E-state index in [2.05, 4.69) is 26.0 Å². The standard InChI is InChI=1S/C10H16N6OS/c1-18-10-14-7(4-8(15-10)16-11)12-5-9(17)13-6-2-3-6/h4,6H,2-3,5,11H2,1H3,(H,13,17)(H2,12,14,15,16). The number of nitrogens with one attached hydrogen (secondary N) is 3. The lowest BCUT2D eigenvalue weighted by molar-refractivity contribution is -0.119. The summed E-state index contributed by atoms with van der Waals surface area (Å²) in [6.45, 7) is 0.200. The molecule has 98 valence electrons. The van der Waals surface area contributed by atoms with Crippen LogP contribution >= 0.6 is 11.8 Å². The Balaban J connectivity index is 1.92. The van der Waals surface area contributed by atoms with Crippen molar-refractivity contribution < 1.29 is 4.79 Å². The van der Waals surface area contributed by atoms with E-state index in [1.807, 2.05) is 6.26 Å². The number of hydrogen-bond acceptors (Lipinski definition) is 7. The van der Waals surface area contributed by atoms with Gasteiger partial charge in [0.15, 0.2) is 5.16 Å². The Morgan fingerprint density at radius 1 is 1.50 bits per heavy atom. The number of carbonyl (C=O) groups excluding carboxylic acids is 1. The summed E-state index contributed by atoms with van der Waals surface area (Å²) in [6.07, 6.45) is 4.04. The van der Waals surface area contributed by atoms with E-state index in [1.165, 1.54) is 11.8 Å². The molecule has 5 N–H and O–H groups in total. The lowest BCUT2D eigenvalue weighted by Crippen LogP contribution is -2.31. The monoisotopic (exact) mass is 268 g/mol. The summed E-state index contributed by atoms with van der Waals surface area (Å²) < 4.78 is 0. The van der Waals surface area contributed by atoms with Crippen molar-refractivity contribution in [2.75, 3.05) is 23.5 Å². The van der Waals surface area contributed by atoms with Gasteiger partial charge in [-0.25, -0.2) is 15.8 Å². The molecule has 1 aromatic heterocycles. The molecule has 1 aliphatic carbocycles. The van der Waals surface area contributed by atoms with E-state index in [9.17, 15) is 4.79 Å². The fourth-order valence-corrected chi connectivity index (χ4v) is 1.74. The highest BCUT2D eigenvalue weighted by Crippen LogP contribution is 2.18. The minimum absolute atomic E-state index is 0.0240. The first-order valence-electron chi connectivity index (χ1n) is 5.64. The predicted octanol–water partition coefficient (Wildman–Crippen LogP) is 0.175. The number of anilines is 2. The molecule has 8 heteroatoms. The average Bonchev–Trinajstić information content (AvgIpc) is 3.19. The van der Waals surface area contributed by atoms with Crippen molar-refractivity contribution in [1.82, 2.24) is 15.3 Å². The van der Waals surface area contributed by atoms with Crippen molar-refractivity contribution in [2.24, 2.45) is 5.84 Å². The molecule has 0 spiro atoms. The highest BCUT2D eigenvalue weighted by Gasteiger charge is 2.22. The number of thioether (sulfide) groups is 1. The van der Waals surface area contributed by atoms with Crippen LogP contribution in [0.25, 0.3) is 0 Å². The molecule has 2 rings (SSSR count). The number of rotatable bonds is 6. The third-order valence-electron chi connectivity index (χ3n) is 2.41. The zero-order valence-corrected chi connectivity index (χ0v) is 10.9. The Bertz CT molecular complexity index is 414. The third kappa shape index (κ3) is 3.74. The maximum absolute atomic E-state index is 11.5. The number of nitrogens with zero attached hydrogens (tertiary/aromatic N) is 2. The molecule has 1 heterocycles. The summed E-state index contributed by atoms with van der Waals surface area (Å²) in [4.78, 5) is 19.9. The van der Waals surface area contributed by atoms with E-state index in [4.69, 9.17) is 5.84 Å². The van der Waals surface area contributed by atoms with Crippen LogP contribution in [0.5, 0.6) is 0 Å². The van der Waals surface area contributed by atoms with Gasteiger partial charge in [-0.2, -0.15) is 0 Å². The number of carbonyl (C=O) groups is 1. The van der Waals surface area contributed by atoms with E-state index in [-0.39, 0.29) is 12.5 Å². The molecule has 0 aliphatic heterocycles. The Labute approximate surface area is 109 Å². The molecule has 1 aromatic rings. The molecule has 1 amide bonds. The normalized spacial score (nSPS) is 14.1. The number of nitrogens with two attached hydrogens (primary N) is 1. The number of hydrogen-bond donors (Lipinski definition) is 4. The Kier molecular flexibility index (Phi) is 4.21. The summed E-state index contributed by atoms with van der Waals surface area (Å²) in [5.74, 6) is 6.38. The van der Waals surface area contributed by atoms with Gasteiger partial charge in [0, 0.05) is 12.1 Å². The van der Waals surface area contributed by atoms with Crippen molar-refractivity contribution in [1.29, 1.82) is 0 Å². The molecule has 0 bridgehead atoms. The van der Waals surface area contributed by atoms with Gasteiger partial charge in [-0.15, -0.1) is 0 Å². The van der Waals surface area contributed by atoms with Gasteiger partial charge < -0.3 is 16.1 Å². The second-order valence-electron chi connectivity index (χ2n) is 3.96. The fourth-order valence-electron chi connectivity index (χ4n) is 1.36. The topological polar surface area (TPSA) is 105 Å². The van der Waals surface area contributed by atoms with Crippen LogP contribution in [0.1, 0.15) is 12.8 Å². The lowest BCUT2D eigenvalue weighted by atomic mass is 10.5. The van der Waals surface area contributed by atoms with E-state index >= 15 is 0 Å². The van der Waals surface area contributed by atoms with Gasteiger partial charge in [0.05, 0.1) is 6.54 Å². The first-order chi connectivity index (χ1) is 8.71. The van der Waals surface area contributed by atoms with E-state index < -0.39 is 0 Å². The highest BCUT2D eigenvalue weighted by molar-refractivity contribution is 7.98. The second kappa shape index (κ2) is 5.87. The summed E-state index contributed by atoms with van der Waals surface area (Å²) in [6, 6.07) is 2.03. The van der Waals surface area contributed by atoms with Gasteiger partial charge in [0.25, 0.3) is 0 Å². The molecule has 0 radical (unpaired) electrons. The van der Waals surface area contributed by atoms with Crippen molar-refractivity contribution in [3.63, 3.8) is 0 Å². The predicted molar refractivity (Wildman–Crippen MR) is 71.3 cm³/mol. The number of aromatic nitrogens is 2. The first-order valence-corrected chi connectivity index (χ1v) is 6.86. The quantitative estimate of drug-likeness (QED) is 0.252. The molecular formula is C10H16N6OS. The molecular weight excluding hydrogens is 252 g/mol. The van der Waals surface area contributed by atoms with Crippen LogP contribution in [0.3, 0.4) is 0 Å². The molecule has 7 nitrogen and oxygen atoms in total. The molecule has 1 aliphatic rings. The van der Waals surface area contributed by atoms with Gasteiger partial charge in [-0.3, -0.25) is 4.79 Å². The minimum atomic E-state index is -0.0240. The maximum Gasteiger partial charge on any atom is 0.239 e. The van der Waals surface area contributed by atoms with E-state index in [0.29, 0.717) is 22.8 Å². The SMILES string of the molecule is CSc1nc(NN)cc(NCC(=O)NC2CC2)n1. The zero-order chi connectivity index (χ0) is 13.0. The Morgan fingerprint density at radius 2 is 2.22 bits per heavy atom. The largest absolute Gasteiger partial charge is 0.361 e. The van der Waals surface area contributed by atoms with Gasteiger partial charge in [0.2, 0.25) is 5.91 Å². The van der Waals surface area contributed by atoms with Gasteiger partial charge in [-0.1, -0.05) is 11.8 Å². The number of nitrogen functional groups attached to an aromatic ring is 1. The smallest absolute Gasteiger partial charge is 0.239 e. The Morgan fingerprint density at radius 3 is 2.83 bits per heavy atom. The van der Waals surface area contributed by atoms with E-state index in [0.717, 1.165) is 12.8 Å².